The Morgan fingerprint density at radius 2 is 2.04 bits per heavy atom. The highest BCUT2D eigenvalue weighted by Gasteiger charge is 2.22. The molecular formula is C20H20FN5OS. The minimum Gasteiger partial charge on any atom is -0.368 e. The maximum absolute atomic E-state index is 13.9. The van der Waals surface area contributed by atoms with Crippen molar-refractivity contribution in [2.45, 2.75) is 20.4 Å². The number of H-pyrrole nitrogens is 1. The lowest BCUT2D eigenvalue weighted by atomic mass is 10.1. The van der Waals surface area contributed by atoms with Gasteiger partial charge in [0.25, 0.3) is 5.56 Å². The third-order valence-corrected chi connectivity index (χ3v) is 6.38. The zero-order valence-electron chi connectivity index (χ0n) is 15.8. The summed E-state index contributed by atoms with van der Waals surface area (Å²) >= 11 is 1.55. The fourth-order valence-corrected chi connectivity index (χ4v) is 4.67. The molecule has 3 aromatic rings. The van der Waals surface area contributed by atoms with Gasteiger partial charge in [0.2, 0.25) is 0 Å². The van der Waals surface area contributed by atoms with Gasteiger partial charge in [-0.2, -0.15) is 5.26 Å². The lowest BCUT2D eigenvalue weighted by Crippen LogP contribution is -2.46. The lowest BCUT2D eigenvalue weighted by Gasteiger charge is -2.36. The molecule has 28 heavy (non-hydrogen) atoms. The predicted octanol–water partition coefficient (Wildman–Crippen LogP) is 2.93. The second-order valence-corrected chi connectivity index (χ2v) is 8.19. The molecule has 0 aliphatic carbocycles. The van der Waals surface area contributed by atoms with Gasteiger partial charge in [0.05, 0.1) is 17.6 Å². The molecule has 4 rings (SSSR count). The van der Waals surface area contributed by atoms with E-state index < -0.39 is 5.82 Å². The molecule has 0 bridgehead atoms. The molecule has 1 fully saturated rings. The zero-order chi connectivity index (χ0) is 19.8. The highest BCUT2D eigenvalue weighted by molar-refractivity contribution is 7.18. The fraction of sp³-hybridized carbons (Fsp3) is 0.350. The first-order chi connectivity index (χ1) is 13.5. The van der Waals surface area contributed by atoms with Crippen LogP contribution in [0.3, 0.4) is 0 Å². The largest absolute Gasteiger partial charge is 0.368 e. The van der Waals surface area contributed by atoms with E-state index in [4.69, 9.17) is 0 Å². The molecule has 0 saturated carbocycles. The van der Waals surface area contributed by atoms with Crippen molar-refractivity contribution in [3.63, 3.8) is 0 Å². The Morgan fingerprint density at radius 1 is 1.29 bits per heavy atom. The summed E-state index contributed by atoms with van der Waals surface area (Å²) in [7, 11) is 0. The summed E-state index contributed by atoms with van der Waals surface area (Å²) in [5.74, 6) is 0.176. The van der Waals surface area contributed by atoms with E-state index >= 15 is 0 Å². The summed E-state index contributed by atoms with van der Waals surface area (Å²) in [6.07, 6.45) is 0. The van der Waals surface area contributed by atoms with E-state index in [0.717, 1.165) is 28.4 Å². The summed E-state index contributed by atoms with van der Waals surface area (Å²) in [5, 5.41) is 9.93. The minimum atomic E-state index is -0.487. The Hall–Kier alpha value is -2.76. The van der Waals surface area contributed by atoms with Gasteiger partial charge in [0.1, 0.15) is 28.1 Å². The maximum Gasteiger partial charge on any atom is 0.259 e. The van der Waals surface area contributed by atoms with Crippen LogP contribution in [-0.2, 0) is 6.54 Å². The number of nitriles is 1. The van der Waals surface area contributed by atoms with E-state index in [0.29, 0.717) is 36.5 Å². The SMILES string of the molecule is Cc1sc2nc(CN3CCN(c4cccc(F)c4C#N)CC3)[nH]c(=O)c2c1C. The number of anilines is 1. The molecule has 1 aromatic carbocycles. The number of benzene rings is 1. The second kappa shape index (κ2) is 7.34. The number of aromatic amines is 1. The molecule has 8 heteroatoms. The Balaban J connectivity index is 1.48. The molecule has 144 valence electrons. The first-order valence-corrected chi connectivity index (χ1v) is 9.94. The van der Waals surface area contributed by atoms with Crippen LogP contribution in [0.2, 0.25) is 0 Å². The Kier molecular flexibility index (Phi) is 4.87. The molecule has 2 aromatic heterocycles. The third kappa shape index (κ3) is 3.28. The smallest absolute Gasteiger partial charge is 0.259 e. The molecule has 0 radical (unpaired) electrons. The van der Waals surface area contributed by atoms with E-state index in [1.807, 2.05) is 24.8 Å². The van der Waals surface area contributed by atoms with E-state index in [9.17, 15) is 14.4 Å². The van der Waals surface area contributed by atoms with Gasteiger partial charge in [-0.1, -0.05) is 6.07 Å². The molecule has 1 saturated heterocycles. The Labute approximate surface area is 165 Å². The Morgan fingerprint density at radius 3 is 2.75 bits per heavy atom. The van der Waals surface area contributed by atoms with Crippen LogP contribution in [-0.4, -0.2) is 41.0 Å². The van der Waals surface area contributed by atoms with E-state index in [-0.39, 0.29) is 11.1 Å². The van der Waals surface area contributed by atoms with Crippen molar-refractivity contribution < 1.29 is 4.39 Å². The quantitative estimate of drug-likeness (QED) is 0.735. The summed E-state index contributed by atoms with van der Waals surface area (Å²) < 4.78 is 13.9. The molecule has 0 unspecified atom stereocenters. The van der Waals surface area contributed by atoms with Crippen LogP contribution in [0, 0.1) is 31.0 Å². The standard InChI is InChI=1S/C20H20FN5OS/c1-12-13(2)28-20-18(12)19(27)23-17(24-20)11-25-6-8-26(9-7-25)16-5-3-4-15(21)14(16)10-22/h3-5H,6-9,11H2,1-2H3,(H,23,24,27). The van der Waals surface area contributed by atoms with Gasteiger partial charge in [-0.3, -0.25) is 9.69 Å². The van der Waals surface area contributed by atoms with Crippen LogP contribution in [0.25, 0.3) is 10.2 Å². The van der Waals surface area contributed by atoms with E-state index in [1.165, 1.54) is 6.07 Å². The van der Waals surface area contributed by atoms with Crippen LogP contribution in [0.15, 0.2) is 23.0 Å². The molecule has 1 aliphatic heterocycles. The summed E-state index contributed by atoms with van der Waals surface area (Å²) in [6.45, 7) is 7.36. The fourth-order valence-electron chi connectivity index (χ4n) is 3.62. The van der Waals surface area contributed by atoms with Gasteiger partial charge in [0, 0.05) is 31.1 Å². The van der Waals surface area contributed by atoms with Gasteiger partial charge >= 0.3 is 0 Å². The van der Waals surface area contributed by atoms with Gasteiger partial charge in [0.15, 0.2) is 0 Å². The number of aromatic nitrogens is 2. The molecule has 0 amide bonds. The van der Waals surface area contributed by atoms with Gasteiger partial charge in [-0.15, -0.1) is 11.3 Å². The minimum absolute atomic E-state index is 0.0843. The number of rotatable bonds is 3. The van der Waals surface area contributed by atoms with E-state index in [1.54, 1.807) is 23.5 Å². The zero-order valence-corrected chi connectivity index (χ0v) is 16.6. The van der Waals surface area contributed by atoms with Gasteiger partial charge < -0.3 is 9.88 Å². The van der Waals surface area contributed by atoms with Crippen molar-refractivity contribution in [3.05, 3.63) is 56.2 Å². The maximum atomic E-state index is 13.9. The summed E-state index contributed by atoms with van der Waals surface area (Å²) in [5.41, 5.74) is 1.65. The van der Waals surface area contributed by atoms with Crippen LogP contribution < -0.4 is 10.5 Å². The van der Waals surface area contributed by atoms with Crippen molar-refractivity contribution >= 4 is 27.2 Å². The van der Waals surface area contributed by atoms with Crippen molar-refractivity contribution in [2.75, 3.05) is 31.1 Å². The third-order valence-electron chi connectivity index (χ3n) is 5.28. The molecule has 0 atom stereocenters. The molecule has 0 spiro atoms. The molecule has 6 nitrogen and oxygen atoms in total. The summed E-state index contributed by atoms with van der Waals surface area (Å²) in [4.78, 5) is 26.1. The van der Waals surface area contributed by atoms with Crippen molar-refractivity contribution in [1.82, 2.24) is 14.9 Å². The monoisotopic (exact) mass is 397 g/mol. The number of halogens is 1. The summed E-state index contributed by atoms with van der Waals surface area (Å²) in [6, 6.07) is 6.69. The normalized spacial score (nSPS) is 15.1. The second-order valence-electron chi connectivity index (χ2n) is 6.98. The van der Waals surface area contributed by atoms with Crippen LogP contribution in [0.4, 0.5) is 10.1 Å². The van der Waals surface area contributed by atoms with Gasteiger partial charge in [-0.05, 0) is 31.5 Å². The number of hydrogen-bond acceptors (Lipinski definition) is 6. The molecule has 1 aliphatic rings. The first-order valence-electron chi connectivity index (χ1n) is 9.12. The number of fused-ring (bicyclic) bond motifs is 1. The number of hydrogen-bond donors (Lipinski definition) is 1. The Bertz CT molecular complexity index is 1140. The number of thiophene rings is 1. The number of nitrogens with zero attached hydrogens (tertiary/aromatic N) is 4. The first kappa shape index (κ1) is 18.6. The van der Waals surface area contributed by atoms with Crippen molar-refractivity contribution in [2.24, 2.45) is 0 Å². The predicted molar refractivity (Wildman–Crippen MR) is 108 cm³/mol. The highest BCUT2D eigenvalue weighted by atomic mass is 32.1. The molecule has 3 heterocycles. The van der Waals surface area contributed by atoms with Crippen molar-refractivity contribution in [1.29, 1.82) is 5.26 Å². The van der Waals surface area contributed by atoms with Crippen LogP contribution in [0.1, 0.15) is 21.8 Å². The van der Waals surface area contributed by atoms with Crippen molar-refractivity contribution in [3.8, 4) is 6.07 Å². The molecule has 1 N–H and O–H groups in total. The number of aryl methyl sites for hydroxylation is 2. The highest BCUT2D eigenvalue weighted by Crippen LogP contribution is 2.26. The van der Waals surface area contributed by atoms with Crippen LogP contribution in [0.5, 0.6) is 0 Å². The lowest BCUT2D eigenvalue weighted by molar-refractivity contribution is 0.244. The topological polar surface area (TPSA) is 76.0 Å². The van der Waals surface area contributed by atoms with Gasteiger partial charge in [-0.25, -0.2) is 9.37 Å². The average molecular weight is 397 g/mol. The van der Waals surface area contributed by atoms with Crippen LogP contribution >= 0.6 is 11.3 Å². The molecular weight excluding hydrogens is 377 g/mol. The number of piperazine rings is 1. The average Bonchev–Trinajstić information content (AvgIpc) is 2.96. The number of nitrogens with one attached hydrogen (secondary N) is 1. The van der Waals surface area contributed by atoms with E-state index in [2.05, 4.69) is 14.9 Å².